The van der Waals surface area contributed by atoms with Crippen molar-refractivity contribution < 1.29 is 9.59 Å². The Morgan fingerprint density at radius 2 is 1.43 bits per heavy atom. The second-order valence-corrected chi connectivity index (χ2v) is 7.56. The minimum Gasteiger partial charge on any atom is -0.274 e. The molecule has 4 heteroatoms. The van der Waals surface area contributed by atoms with E-state index in [9.17, 15) is 9.59 Å². The highest BCUT2D eigenvalue weighted by Gasteiger charge is 2.67. The number of hydrogen-bond donors (Lipinski definition) is 0. The first-order valence-electron chi connectivity index (χ1n) is 7.48. The molecule has 3 nitrogen and oxygen atoms in total. The van der Waals surface area contributed by atoms with E-state index in [1.807, 2.05) is 24.3 Å². The highest BCUT2D eigenvalue weighted by molar-refractivity contribution is 9.10. The van der Waals surface area contributed by atoms with Crippen LogP contribution in [0.1, 0.15) is 6.42 Å². The largest absolute Gasteiger partial charge is 0.274 e. The third-order valence-corrected chi connectivity index (χ3v) is 6.28. The number of carbonyl (C=O) groups excluding carboxylic acids is 2. The Bertz CT molecular complexity index is 659. The van der Waals surface area contributed by atoms with E-state index in [0.717, 1.165) is 4.47 Å². The number of carbonyl (C=O) groups is 2. The molecule has 1 aromatic carbocycles. The average Bonchev–Trinajstić information content (AvgIpc) is 3.26. The van der Waals surface area contributed by atoms with E-state index in [0.29, 0.717) is 29.4 Å². The standard InChI is InChI=1S/C17H14BrNO2/c18-8-1-3-9(4-2-8)19-16(20)14-10-5-6-11(13-7-12(10)13)15(14)17(19)21/h1-6,10-15H,7H2/t10-,11-,12-,13+,14-,15-/m1/s1. The molecule has 4 aliphatic carbocycles. The van der Waals surface area contributed by atoms with Gasteiger partial charge < -0.3 is 0 Å². The summed E-state index contributed by atoms with van der Waals surface area (Å²) in [6.07, 6.45) is 5.61. The minimum atomic E-state index is -0.111. The van der Waals surface area contributed by atoms with Crippen LogP contribution in [0.15, 0.2) is 40.9 Å². The number of rotatable bonds is 1. The molecule has 0 unspecified atom stereocenters. The average molecular weight is 344 g/mol. The lowest BCUT2D eigenvalue weighted by Crippen LogP contribution is -2.40. The fourth-order valence-electron chi connectivity index (χ4n) is 4.80. The van der Waals surface area contributed by atoms with Gasteiger partial charge in [0.05, 0.1) is 17.5 Å². The van der Waals surface area contributed by atoms with Crippen molar-refractivity contribution in [3.63, 3.8) is 0 Å². The van der Waals surface area contributed by atoms with Crippen LogP contribution in [0.4, 0.5) is 5.69 Å². The molecule has 1 heterocycles. The SMILES string of the molecule is O=C1[C@@H]2[C@@H]3C=C[C@H]([C@@H]4C[C@H]34)[C@H]2C(=O)N1c1ccc(Br)cc1. The fourth-order valence-corrected chi connectivity index (χ4v) is 5.07. The van der Waals surface area contributed by atoms with Crippen LogP contribution in [-0.2, 0) is 9.59 Å². The number of nitrogens with zero attached hydrogens (tertiary/aromatic N) is 1. The van der Waals surface area contributed by atoms with Crippen molar-refractivity contribution in [3.05, 3.63) is 40.9 Å². The van der Waals surface area contributed by atoms with Crippen molar-refractivity contribution in [2.45, 2.75) is 6.42 Å². The summed E-state index contributed by atoms with van der Waals surface area (Å²) in [7, 11) is 0. The first-order chi connectivity index (χ1) is 10.2. The Kier molecular flexibility index (Phi) is 2.23. The van der Waals surface area contributed by atoms with Gasteiger partial charge in [0.1, 0.15) is 0 Å². The van der Waals surface area contributed by atoms with E-state index in [-0.39, 0.29) is 23.7 Å². The molecule has 3 fully saturated rings. The summed E-state index contributed by atoms with van der Waals surface area (Å²) in [6.45, 7) is 0. The summed E-state index contributed by atoms with van der Waals surface area (Å²) in [5.74, 6) is 1.70. The smallest absolute Gasteiger partial charge is 0.238 e. The van der Waals surface area contributed by atoms with Crippen molar-refractivity contribution >= 4 is 33.4 Å². The third kappa shape index (κ3) is 1.44. The van der Waals surface area contributed by atoms with Crippen molar-refractivity contribution in [2.75, 3.05) is 4.90 Å². The molecule has 0 spiro atoms. The van der Waals surface area contributed by atoms with Gasteiger partial charge in [-0.05, 0) is 54.4 Å². The van der Waals surface area contributed by atoms with Crippen molar-refractivity contribution in [3.8, 4) is 0 Å². The van der Waals surface area contributed by atoms with Gasteiger partial charge in [-0.1, -0.05) is 28.1 Å². The highest BCUT2D eigenvalue weighted by atomic mass is 79.9. The van der Waals surface area contributed by atoms with Gasteiger partial charge in [0.2, 0.25) is 11.8 Å². The van der Waals surface area contributed by atoms with Gasteiger partial charge >= 0.3 is 0 Å². The lowest BCUT2D eigenvalue weighted by molar-refractivity contribution is -0.124. The molecule has 2 bridgehead atoms. The van der Waals surface area contributed by atoms with E-state index in [1.165, 1.54) is 11.3 Å². The van der Waals surface area contributed by atoms with Crippen molar-refractivity contribution in [1.29, 1.82) is 0 Å². The van der Waals surface area contributed by atoms with E-state index < -0.39 is 0 Å². The molecule has 5 aliphatic rings. The van der Waals surface area contributed by atoms with Crippen LogP contribution in [0.5, 0.6) is 0 Å². The predicted octanol–water partition coefficient (Wildman–Crippen LogP) is 3.01. The first-order valence-corrected chi connectivity index (χ1v) is 8.28. The van der Waals surface area contributed by atoms with E-state index in [1.54, 1.807) is 0 Å². The molecule has 0 aromatic heterocycles. The molecule has 0 radical (unpaired) electrons. The normalized spacial score (nSPS) is 42.2. The number of anilines is 1. The fraction of sp³-hybridized carbons (Fsp3) is 0.412. The molecule has 1 aromatic rings. The quantitative estimate of drug-likeness (QED) is 0.580. The number of halogens is 1. The topological polar surface area (TPSA) is 37.4 Å². The van der Waals surface area contributed by atoms with Gasteiger partial charge in [-0.3, -0.25) is 14.5 Å². The van der Waals surface area contributed by atoms with Crippen LogP contribution in [-0.4, -0.2) is 11.8 Å². The van der Waals surface area contributed by atoms with Crippen LogP contribution >= 0.6 is 15.9 Å². The molecule has 6 rings (SSSR count). The van der Waals surface area contributed by atoms with Crippen LogP contribution in [0.25, 0.3) is 0 Å². The third-order valence-electron chi connectivity index (χ3n) is 5.75. The second-order valence-electron chi connectivity index (χ2n) is 6.64. The Labute approximate surface area is 131 Å². The Morgan fingerprint density at radius 1 is 0.905 bits per heavy atom. The van der Waals surface area contributed by atoms with Crippen molar-refractivity contribution in [2.24, 2.45) is 35.5 Å². The van der Waals surface area contributed by atoms with Crippen LogP contribution in [0, 0.1) is 35.5 Å². The molecule has 1 saturated heterocycles. The number of allylic oxidation sites excluding steroid dienone is 2. The summed E-state index contributed by atoms with van der Waals surface area (Å²) < 4.78 is 0.950. The maximum absolute atomic E-state index is 12.8. The lowest BCUT2D eigenvalue weighted by Gasteiger charge is -2.37. The van der Waals surface area contributed by atoms with Gasteiger partial charge in [0.25, 0.3) is 0 Å². The summed E-state index contributed by atoms with van der Waals surface area (Å²) in [5.41, 5.74) is 0.704. The van der Waals surface area contributed by atoms with Crippen LogP contribution in [0.3, 0.4) is 0 Å². The molecule has 106 valence electrons. The second kappa shape index (κ2) is 3.86. The van der Waals surface area contributed by atoms with Gasteiger partial charge in [-0.2, -0.15) is 0 Å². The number of imide groups is 1. The zero-order valence-corrected chi connectivity index (χ0v) is 12.9. The van der Waals surface area contributed by atoms with E-state index in [4.69, 9.17) is 0 Å². The zero-order chi connectivity index (χ0) is 14.3. The molecule has 2 amide bonds. The summed E-state index contributed by atoms with van der Waals surface area (Å²) in [6, 6.07) is 7.44. The number of amides is 2. The number of hydrogen-bond acceptors (Lipinski definition) is 2. The maximum Gasteiger partial charge on any atom is 0.238 e. The first kappa shape index (κ1) is 12.2. The molecule has 21 heavy (non-hydrogen) atoms. The molecule has 6 atom stereocenters. The van der Waals surface area contributed by atoms with Gasteiger partial charge in [0, 0.05) is 4.47 Å². The van der Waals surface area contributed by atoms with Crippen molar-refractivity contribution in [1.82, 2.24) is 0 Å². The van der Waals surface area contributed by atoms with E-state index >= 15 is 0 Å². The molecule has 1 aliphatic heterocycles. The lowest BCUT2D eigenvalue weighted by atomic mass is 9.63. The summed E-state index contributed by atoms with van der Waals surface area (Å²) in [5, 5.41) is 0. The molecule has 0 N–H and O–H groups in total. The molecule has 2 saturated carbocycles. The number of benzene rings is 1. The van der Waals surface area contributed by atoms with Gasteiger partial charge in [0.15, 0.2) is 0 Å². The molecular formula is C17H14BrNO2. The van der Waals surface area contributed by atoms with Gasteiger partial charge in [-0.15, -0.1) is 0 Å². The monoisotopic (exact) mass is 343 g/mol. The highest BCUT2D eigenvalue weighted by Crippen LogP contribution is 2.65. The zero-order valence-electron chi connectivity index (χ0n) is 11.3. The summed E-state index contributed by atoms with van der Waals surface area (Å²) in [4.78, 5) is 27.1. The van der Waals surface area contributed by atoms with Gasteiger partial charge in [-0.25, -0.2) is 0 Å². The maximum atomic E-state index is 12.8. The van der Waals surface area contributed by atoms with Crippen LogP contribution < -0.4 is 4.90 Å². The minimum absolute atomic E-state index is 0.0111. The van der Waals surface area contributed by atoms with E-state index in [2.05, 4.69) is 28.1 Å². The Balaban J connectivity index is 1.58. The van der Waals surface area contributed by atoms with Crippen LogP contribution in [0.2, 0.25) is 0 Å². The summed E-state index contributed by atoms with van der Waals surface area (Å²) >= 11 is 3.39. The molecular weight excluding hydrogens is 330 g/mol. The Morgan fingerprint density at radius 3 is 1.95 bits per heavy atom. The predicted molar refractivity (Wildman–Crippen MR) is 81.3 cm³/mol. The Hall–Kier alpha value is -1.42.